The first-order chi connectivity index (χ1) is 10.6. The average Bonchev–Trinajstić information content (AvgIpc) is 2.54. The number of hydrogen-bond donors (Lipinski definition) is 0. The molecular weight excluding hydrogens is 280 g/mol. The summed E-state index contributed by atoms with van der Waals surface area (Å²) in [7, 11) is 4.88. The predicted molar refractivity (Wildman–Crippen MR) is 86.3 cm³/mol. The van der Waals surface area contributed by atoms with Crippen LogP contribution in [0.2, 0.25) is 0 Å². The van der Waals surface area contributed by atoms with Gasteiger partial charge in [-0.05, 0) is 43.2 Å². The predicted octanol–water partition coefficient (Wildman–Crippen LogP) is 3.91. The third-order valence-electron chi connectivity index (χ3n) is 3.65. The molecule has 4 heteroatoms. The maximum atomic E-state index is 5.93. The third-order valence-corrected chi connectivity index (χ3v) is 3.65. The fourth-order valence-corrected chi connectivity index (χ4v) is 2.26. The Hall–Kier alpha value is -2.36. The molecular formula is C18H22O4. The van der Waals surface area contributed by atoms with Crippen molar-refractivity contribution in [1.29, 1.82) is 0 Å². The van der Waals surface area contributed by atoms with Crippen LogP contribution in [0, 0.1) is 13.8 Å². The molecule has 0 heterocycles. The molecule has 118 valence electrons. The summed E-state index contributed by atoms with van der Waals surface area (Å²) >= 11 is 0. The van der Waals surface area contributed by atoms with Crippen molar-refractivity contribution in [2.45, 2.75) is 20.5 Å². The van der Waals surface area contributed by atoms with Crippen molar-refractivity contribution in [2.75, 3.05) is 21.3 Å². The van der Waals surface area contributed by atoms with Crippen LogP contribution in [-0.2, 0) is 6.61 Å². The van der Waals surface area contributed by atoms with Crippen molar-refractivity contribution in [3.63, 3.8) is 0 Å². The Kier molecular flexibility index (Phi) is 5.15. The third kappa shape index (κ3) is 3.27. The Balaban J connectivity index is 2.25. The highest BCUT2D eigenvalue weighted by atomic mass is 16.5. The number of hydrogen-bond acceptors (Lipinski definition) is 4. The lowest BCUT2D eigenvalue weighted by atomic mass is 10.1. The molecule has 2 rings (SSSR count). The second-order valence-corrected chi connectivity index (χ2v) is 5.03. The fourth-order valence-electron chi connectivity index (χ4n) is 2.26. The minimum atomic E-state index is 0.374. The van der Waals surface area contributed by atoms with Gasteiger partial charge in [-0.3, -0.25) is 0 Å². The van der Waals surface area contributed by atoms with E-state index in [-0.39, 0.29) is 0 Å². The van der Waals surface area contributed by atoms with Crippen LogP contribution in [0.5, 0.6) is 23.0 Å². The van der Waals surface area contributed by atoms with Crippen LogP contribution < -0.4 is 18.9 Å². The quantitative estimate of drug-likeness (QED) is 0.810. The number of methoxy groups -OCH3 is 3. The number of para-hydroxylation sites is 1. The van der Waals surface area contributed by atoms with Gasteiger partial charge in [0.2, 0.25) is 0 Å². The molecule has 0 aliphatic carbocycles. The molecule has 0 saturated heterocycles. The molecule has 4 nitrogen and oxygen atoms in total. The van der Waals surface area contributed by atoms with E-state index in [0.29, 0.717) is 18.1 Å². The SMILES string of the molecule is COc1cc(C)c(C)cc1OCc1cccc(OC)c1OC. The van der Waals surface area contributed by atoms with E-state index in [4.69, 9.17) is 18.9 Å². The van der Waals surface area contributed by atoms with Gasteiger partial charge in [0.1, 0.15) is 6.61 Å². The minimum absolute atomic E-state index is 0.374. The second-order valence-electron chi connectivity index (χ2n) is 5.03. The number of benzene rings is 2. The van der Waals surface area contributed by atoms with Crippen LogP contribution >= 0.6 is 0 Å². The fraction of sp³-hybridized carbons (Fsp3) is 0.333. The molecule has 0 aliphatic rings. The van der Waals surface area contributed by atoms with Gasteiger partial charge in [0.05, 0.1) is 21.3 Å². The Bertz CT molecular complexity index is 650. The van der Waals surface area contributed by atoms with Gasteiger partial charge in [0.15, 0.2) is 23.0 Å². The first-order valence-corrected chi connectivity index (χ1v) is 7.08. The molecule has 0 spiro atoms. The maximum Gasteiger partial charge on any atom is 0.167 e. The van der Waals surface area contributed by atoms with Gasteiger partial charge in [-0.2, -0.15) is 0 Å². The molecule has 0 atom stereocenters. The molecule has 0 fully saturated rings. The summed E-state index contributed by atoms with van der Waals surface area (Å²) in [5.74, 6) is 2.82. The van der Waals surface area contributed by atoms with Crippen molar-refractivity contribution in [3.8, 4) is 23.0 Å². The normalized spacial score (nSPS) is 10.2. The van der Waals surface area contributed by atoms with E-state index in [1.807, 2.05) is 44.2 Å². The molecule has 0 amide bonds. The second kappa shape index (κ2) is 7.07. The number of rotatable bonds is 6. The summed E-state index contributed by atoms with van der Waals surface area (Å²) in [6, 6.07) is 9.69. The lowest BCUT2D eigenvalue weighted by Gasteiger charge is -2.16. The average molecular weight is 302 g/mol. The molecule has 0 N–H and O–H groups in total. The lowest BCUT2D eigenvalue weighted by Crippen LogP contribution is -2.02. The number of ether oxygens (including phenoxy) is 4. The molecule has 22 heavy (non-hydrogen) atoms. The van der Waals surface area contributed by atoms with E-state index < -0.39 is 0 Å². The highest BCUT2D eigenvalue weighted by Crippen LogP contribution is 2.34. The van der Waals surface area contributed by atoms with Gasteiger partial charge >= 0.3 is 0 Å². The zero-order valence-corrected chi connectivity index (χ0v) is 13.7. The van der Waals surface area contributed by atoms with Gasteiger partial charge in [0.25, 0.3) is 0 Å². The Labute approximate surface area is 131 Å². The molecule has 0 bridgehead atoms. The van der Waals surface area contributed by atoms with Crippen LogP contribution in [0.25, 0.3) is 0 Å². The minimum Gasteiger partial charge on any atom is -0.493 e. The molecule has 0 radical (unpaired) electrons. The molecule has 2 aromatic carbocycles. The summed E-state index contributed by atoms with van der Waals surface area (Å²) in [6.45, 7) is 4.47. The van der Waals surface area contributed by atoms with E-state index in [9.17, 15) is 0 Å². The van der Waals surface area contributed by atoms with Gasteiger partial charge in [0, 0.05) is 5.56 Å². The van der Waals surface area contributed by atoms with Crippen molar-refractivity contribution in [1.82, 2.24) is 0 Å². The lowest BCUT2D eigenvalue weighted by molar-refractivity contribution is 0.274. The summed E-state index contributed by atoms with van der Waals surface area (Å²) < 4.78 is 22.0. The highest BCUT2D eigenvalue weighted by molar-refractivity contribution is 5.48. The largest absolute Gasteiger partial charge is 0.493 e. The monoisotopic (exact) mass is 302 g/mol. The van der Waals surface area contributed by atoms with Crippen molar-refractivity contribution in [3.05, 3.63) is 47.0 Å². The van der Waals surface area contributed by atoms with E-state index in [2.05, 4.69) is 0 Å². The Morgan fingerprint density at radius 2 is 1.41 bits per heavy atom. The first-order valence-electron chi connectivity index (χ1n) is 7.08. The smallest absolute Gasteiger partial charge is 0.167 e. The number of aryl methyl sites for hydroxylation is 2. The van der Waals surface area contributed by atoms with E-state index >= 15 is 0 Å². The van der Waals surface area contributed by atoms with Crippen molar-refractivity contribution in [2.24, 2.45) is 0 Å². The van der Waals surface area contributed by atoms with Crippen LogP contribution in [0.3, 0.4) is 0 Å². The van der Waals surface area contributed by atoms with Crippen LogP contribution in [0.1, 0.15) is 16.7 Å². The van der Waals surface area contributed by atoms with Crippen LogP contribution in [0.4, 0.5) is 0 Å². The summed E-state index contributed by atoms with van der Waals surface area (Å²) in [4.78, 5) is 0. The van der Waals surface area contributed by atoms with E-state index in [1.54, 1.807) is 21.3 Å². The molecule has 2 aromatic rings. The molecule has 0 unspecified atom stereocenters. The van der Waals surface area contributed by atoms with Gasteiger partial charge in [-0.1, -0.05) is 12.1 Å². The standard InChI is InChI=1S/C18H22O4/c1-12-9-16(20-4)17(10-13(12)2)22-11-14-7-6-8-15(19-3)18(14)21-5/h6-10H,11H2,1-5H3. The summed E-state index contributed by atoms with van der Waals surface area (Å²) in [5, 5.41) is 0. The van der Waals surface area contributed by atoms with Crippen molar-refractivity contribution >= 4 is 0 Å². The van der Waals surface area contributed by atoms with E-state index in [0.717, 1.165) is 22.6 Å². The summed E-state index contributed by atoms with van der Waals surface area (Å²) in [5.41, 5.74) is 3.25. The zero-order valence-electron chi connectivity index (χ0n) is 13.7. The van der Waals surface area contributed by atoms with Gasteiger partial charge in [-0.25, -0.2) is 0 Å². The maximum absolute atomic E-state index is 5.93. The molecule has 0 aromatic heterocycles. The van der Waals surface area contributed by atoms with Crippen molar-refractivity contribution < 1.29 is 18.9 Å². The Morgan fingerprint density at radius 3 is 2.00 bits per heavy atom. The molecule has 0 aliphatic heterocycles. The zero-order chi connectivity index (χ0) is 16.1. The van der Waals surface area contributed by atoms with Gasteiger partial charge < -0.3 is 18.9 Å². The highest BCUT2D eigenvalue weighted by Gasteiger charge is 2.12. The topological polar surface area (TPSA) is 36.9 Å². The van der Waals surface area contributed by atoms with E-state index in [1.165, 1.54) is 5.56 Å². The Morgan fingerprint density at radius 1 is 0.773 bits per heavy atom. The summed E-state index contributed by atoms with van der Waals surface area (Å²) in [6.07, 6.45) is 0. The van der Waals surface area contributed by atoms with Gasteiger partial charge in [-0.15, -0.1) is 0 Å². The molecule has 0 saturated carbocycles. The van der Waals surface area contributed by atoms with Crippen LogP contribution in [-0.4, -0.2) is 21.3 Å². The first kappa shape index (κ1) is 16.0. The van der Waals surface area contributed by atoms with Crippen LogP contribution in [0.15, 0.2) is 30.3 Å².